The predicted molar refractivity (Wildman–Crippen MR) is 129 cm³/mol. The van der Waals surface area contributed by atoms with Crippen LogP contribution in [0.5, 0.6) is 5.75 Å². The number of hydrogen-bond acceptors (Lipinski definition) is 4. The molecule has 2 N–H and O–H groups in total. The molecule has 8 heteroatoms. The highest BCUT2D eigenvalue weighted by Gasteiger charge is 2.25. The smallest absolute Gasteiger partial charge is 0.191 e. The van der Waals surface area contributed by atoms with Gasteiger partial charge in [0.1, 0.15) is 5.75 Å². The van der Waals surface area contributed by atoms with Gasteiger partial charge in [0.25, 0.3) is 0 Å². The zero-order chi connectivity index (χ0) is 19.5. The van der Waals surface area contributed by atoms with Gasteiger partial charge in [-0.05, 0) is 50.8 Å². The second-order valence-corrected chi connectivity index (χ2v) is 7.14. The van der Waals surface area contributed by atoms with E-state index < -0.39 is 0 Å². The molecule has 1 atom stereocenters. The summed E-state index contributed by atoms with van der Waals surface area (Å²) in [5.41, 5.74) is 1.05. The summed E-state index contributed by atoms with van der Waals surface area (Å²) >= 11 is 6.18. The first kappa shape index (κ1) is 25.1. The Hall–Kier alpha value is -0.930. The number of anilines is 1. The Kier molecular flexibility index (Phi) is 12.7. The van der Waals surface area contributed by atoms with Crippen LogP contribution in [-0.2, 0) is 4.74 Å². The van der Waals surface area contributed by atoms with E-state index in [9.17, 15) is 0 Å². The fraction of sp³-hybridized carbons (Fsp3) is 0.650. The number of hydrogen-bond donors (Lipinski definition) is 2. The third kappa shape index (κ3) is 8.21. The van der Waals surface area contributed by atoms with E-state index in [-0.39, 0.29) is 24.0 Å². The normalized spacial score (nSPS) is 16.6. The number of nitrogens with one attached hydrogen (secondary N) is 2. The predicted octanol–water partition coefficient (Wildman–Crippen LogP) is 3.92. The zero-order valence-electron chi connectivity index (χ0n) is 17.2. The van der Waals surface area contributed by atoms with E-state index in [4.69, 9.17) is 26.1 Å². The largest absolute Gasteiger partial charge is 0.495 e. The highest BCUT2D eigenvalue weighted by atomic mass is 127. The van der Waals surface area contributed by atoms with Gasteiger partial charge in [0.15, 0.2) is 5.96 Å². The molecule has 1 saturated heterocycles. The van der Waals surface area contributed by atoms with Crippen molar-refractivity contribution in [3.63, 3.8) is 0 Å². The Morgan fingerprint density at radius 1 is 1.29 bits per heavy atom. The van der Waals surface area contributed by atoms with Crippen molar-refractivity contribution < 1.29 is 9.47 Å². The van der Waals surface area contributed by atoms with Crippen molar-refractivity contribution in [2.45, 2.75) is 38.6 Å². The highest BCUT2D eigenvalue weighted by molar-refractivity contribution is 14.0. The molecule has 1 aromatic carbocycles. The lowest BCUT2D eigenvalue weighted by atomic mass is 10.2. The lowest BCUT2D eigenvalue weighted by molar-refractivity contribution is 0.192. The first-order valence-electron chi connectivity index (χ1n) is 9.80. The highest BCUT2D eigenvalue weighted by Crippen LogP contribution is 2.33. The summed E-state index contributed by atoms with van der Waals surface area (Å²) in [4.78, 5) is 7.03. The number of nitrogens with zero attached hydrogens (tertiary/aromatic N) is 2. The van der Waals surface area contributed by atoms with Crippen molar-refractivity contribution in [3.05, 3.63) is 23.2 Å². The number of unbranched alkanes of at least 4 members (excludes halogenated alkanes) is 2. The van der Waals surface area contributed by atoms with E-state index in [0.717, 1.165) is 80.9 Å². The zero-order valence-corrected chi connectivity index (χ0v) is 20.3. The van der Waals surface area contributed by atoms with Crippen molar-refractivity contribution in [2.24, 2.45) is 4.99 Å². The number of aliphatic imine (C=N–C) groups is 1. The van der Waals surface area contributed by atoms with E-state index in [2.05, 4.69) is 22.5 Å². The summed E-state index contributed by atoms with van der Waals surface area (Å²) in [6.07, 6.45) is 4.36. The first-order valence-corrected chi connectivity index (χ1v) is 10.2. The molecular weight excluding hydrogens is 491 g/mol. The van der Waals surface area contributed by atoms with E-state index in [0.29, 0.717) is 6.04 Å². The van der Waals surface area contributed by atoms with Gasteiger partial charge >= 0.3 is 0 Å². The maximum Gasteiger partial charge on any atom is 0.191 e. The number of benzene rings is 1. The van der Waals surface area contributed by atoms with Crippen molar-refractivity contribution in [2.75, 3.05) is 51.9 Å². The topological polar surface area (TPSA) is 58.1 Å². The number of halogens is 2. The van der Waals surface area contributed by atoms with Crippen LogP contribution in [0, 0.1) is 0 Å². The summed E-state index contributed by atoms with van der Waals surface area (Å²) < 4.78 is 10.6. The third-order valence-electron chi connectivity index (χ3n) is 4.63. The standard InChI is InChI=1S/C20H33ClN4O2.HI/c1-4-22-20(23-11-6-5-7-13-26-2)24-17-10-12-25(15-17)18-14-16(21)8-9-19(18)27-3;/h8-9,14,17H,4-7,10-13,15H2,1-3H3,(H2,22,23,24);1H. The summed E-state index contributed by atoms with van der Waals surface area (Å²) in [6.45, 7) is 6.46. The third-order valence-corrected chi connectivity index (χ3v) is 4.87. The molecule has 0 amide bonds. The van der Waals surface area contributed by atoms with E-state index in [1.165, 1.54) is 0 Å². The van der Waals surface area contributed by atoms with Gasteiger partial charge in [-0.25, -0.2) is 0 Å². The number of guanidine groups is 1. The Labute approximate surface area is 191 Å². The van der Waals surface area contributed by atoms with Crippen LogP contribution >= 0.6 is 35.6 Å². The van der Waals surface area contributed by atoms with Gasteiger partial charge in [-0.2, -0.15) is 0 Å². The number of methoxy groups -OCH3 is 2. The van der Waals surface area contributed by atoms with Crippen molar-refractivity contribution in [3.8, 4) is 5.75 Å². The van der Waals surface area contributed by atoms with Crippen LogP contribution in [0.4, 0.5) is 5.69 Å². The molecular formula is C20H34ClIN4O2. The number of rotatable bonds is 10. The maximum absolute atomic E-state index is 6.18. The van der Waals surface area contributed by atoms with Gasteiger partial charge in [0.05, 0.1) is 12.8 Å². The molecule has 1 aliphatic rings. The van der Waals surface area contributed by atoms with Crippen molar-refractivity contribution in [1.29, 1.82) is 0 Å². The maximum atomic E-state index is 6.18. The van der Waals surface area contributed by atoms with Crippen LogP contribution in [0.1, 0.15) is 32.6 Å². The minimum absolute atomic E-state index is 0. The molecule has 1 aromatic rings. The molecule has 0 bridgehead atoms. The molecule has 1 fully saturated rings. The fourth-order valence-corrected chi connectivity index (χ4v) is 3.41. The monoisotopic (exact) mass is 524 g/mol. The van der Waals surface area contributed by atoms with Crippen molar-refractivity contribution >= 4 is 47.2 Å². The minimum Gasteiger partial charge on any atom is -0.495 e. The second kappa shape index (κ2) is 14.1. The first-order chi connectivity index (χ1) is 13.2. The Morgan fingerprint density at radius 2 is 2.11 bits per heavy atom. The Balaban J connectivity index is 0.00000392. The Bertz CT molecular complexity index is 604. The SMILES string of the molecule is CCNC(=NCCCCCOC)NC1CCN(c2cc(Cl)ccc2OC)C1.I. The van der Waals surface area contributed by atoms with Crippen LogP contribution < -0.4 is 20.3 Å². The van der Waals surface area contributed by atoms with Gasteiger partial charge in [0.2, 0.25) is 0 Å². The Morgan fingerprint density at radius 3 is 2.82 bits per heavy atom. The summed E-state index contributed by atoms with van der Waals surface area (Å²) in [7, 11) is 3.44. The van der Waals surface area contributed by atoms with Gasteiger partial charge < -0.3 is 25.0 Å². The van der Waals surface area contributed by atoms with Gasteiger partial charge in [-0.3, -0.25) is 4.99 Å². The summed E-state index contributed by atoms with van der Waals surface area (Å²) in [5.74, 6) is 1.76. The molecule has 2 rings (SSSR count). The van der Waals surface area contributed by atoms with Crippen LogP contribution in [0.2, 0.25) is 5.02 Å². The van der Waals surface area contributed by atoms with Crippen LogP contribution in [0.3, 0.4) is 0 Å². The molecule has 1 heterocycles. The average Bonchev–Trinajstić information content (AvgIpc) is 3.13. The van der Waals surface area contributed by atoms with E-state index >= 15 is 0 Å². The van der Waals surface area contributed by atoms with Gasteiger partial charge in [-0.1, -0.05) is 11.6 Å². The summed E-state index contributed by atoms with van der Waals surface area (Å²) in [5, 5.41) is 7.64. The molecule has 0 aromatic heterocycles. The fourth-order valence-electron chi connectivity index (χ4n) is 3.25. The number of ether oxygens (including phenoxy) is 2. The lowest BCUT2D eigenvalue weighted by Crippen LogP contribution is -2.44. The molecule has 160 valence electrons. The molecule has 1 unspecified atom stereocenters. The van der Waals surface area contributed by atoms with Gasteiger partial charge in [0, 0.05) is 51.0 Å². The minimum atomic E-state index is 0. The quantitative estimate of drug-likeness (QED) is 0.210. The molecule has 0 spiro atoms. The molecule has 0 aliphatic carbocycles. The molecule has 6 nitrogen and oxygen atoms in total. The van der Waals surface area contributed by atoms with Crippen LogP contribution in [0.25, 0.3) is 0 Å². The molecule has 0 radical (unpaired) electrons. The second-order valence-electron chi connectivity index (χ2n) is 6.71. The molecule has 28 heavy (non-hydrogen) atoms. The summed E-state index contributed by atoms with van der Waals surface area (Å²) in [6, 6.07) is 6.11. The van der Waals surface area contributed by atoms with Crippen LogP contribution in [0.15, 0.2) is 23.2 Å². The molecule has 1 aliphatic heterocycles. The lowest BCUT2D eigenvalue weighted by Gasteiger charge is -2.22. The average molecular weight is 525 g/mol. The van der Waals surface area contributed by atoms with E-state index in [1.807, 2.05) is 18.2 Å². The molecule has 0 saturated carbocycles. The van der Waals surface area contributed by atoms with Gasteiger partial charge in [-0.15, -0.1) is 24.0 Å². The van der Waals surface area contributed by atoms with E-state index in [1.54, 1.807) is 14.2 Å². The van der Waals surface area contributed by atoms with Crippen molar-refractivity contribution in [1.82, 2.24) is 10.6 Å². The van der Waals surface area contributed by atoms with Crippen LogP contribution in [-0.4, -0.2) is 59.0 Å².